The van der Waals surface area contributed by atoms with Gasteiger partial charge in [0.05, 0.1) is 31.9 Å². The van der Waals surface area contributed by atoms with E-state index in [1.807, 2.05) is 0 Å². The molecule has 0 radical (unpaired) electrons. The number of carbonyl (C=O) groups excluding carboxylic acids is 1. The first-order valence-electron chi connectivity index (χ1n) is 8.22. The van der Waals surface area contributed by atoms with Gasteiger partial charge in [0.25, 0.3) is 5.69 Å². The summed E-state index contributed by atoms with van der Waals surface area (Å²) in [6, 6.07) is 9.19. The topological polar surface area (TPSA) is 112 Å². The Hall–Kier alpha value is -3.66. The van der Waals surface area contributed by atoms with Crippen LogP contribution in [0.1, 0.15) is 5.56 Å². The average molecular weight is 417 g/mol. The lowest BCUT2D eigenvalue weighted by atomic mass is 10.2. The Morgan fingerprint density at radius 3 is 2.31 bits per heavy atom. The van der Waals surface area contributed by atoms with Crippen LogP contribution < -0.4 is 24.8 Å². The van der Waals surface area contributed by atoms with E-state index >= 15 is 0 Å². The number of amides is 1. The van der Waals surface area contributed by atoms with Crippen molar-refractivity contribution < 1.29 is 23.9 Å². The molecule has 0 bridgehead atoms. The molecule has 2 N–H and O–H groups in total. The molecular weight excluding hydrogens is 398 g/mol. The number of benzene rings is 2. The third-order valence-electron chi connectivity index (χ3n) is 3.71. The Labute approximate surface area is 172 Å². The molecule has 0 fully saturated rings. The van der Waals surface area contributed by atoms with Crippen molar-refractivity contribution in [3.8, 4) is 17.2 Å². The monoisotopic (exact) mass is 417 g/mol. The number of rotatable bonds is 7. The maximum absolute atomic E-state index is 12.1. The lowest BCUT2D eigenvalue weighted by molar-refractivity contribution is -0.384. The van der Waals surface area contributed by atoms with E-state index in [0.717, 1.165) is 5.56 Å². The van der Waals surface area contributed by atoms with Gasteiger partial charge in [-0.3, -0.25) is 20.2 Å². The minimum absolute atomic E-state index is 0.0363. The number of hydrogen-bond donors (Lipinski definition) is 2. The molecular formula is C19H19N3O6S. The summed E-state index contributed by atoms with van der Waals surface area (Å²) in [5, 5.41) is 16.1. The lowest BCUT2D eigenvalue weighted by Crippen LogP contribution is -2.32. The number of nitro benzene ring substituents is 1. The largest absolute Gasteiger partial charge is 0.495 e. The van der Waals surface area contributed by atoms with Gasteiger partial charge in [-0.25, -0.2) is 0 Å². The van der Waals surface area contributed by atoms with Crippen LogP contribution in [0, 0.1) is 10.1 Å². The molecule has 10 heteroatoms. The van der Waals surface area contributed by atoms with Gasteiger partial charge >= 0.3 is 0 Å². The van der Waals surface area contributed by atoms with Gasteiger partial charge in [-0.1, -0.05) is 6.07 Å². The fraction of sp³-hybridized carbons (Fsp3) is 0.158. The van der Waals surface area contributed by atoms with E-state index in [4.69, 9.17) is 26.4 Å². The number of nitrogens with zero attached hydrogens (tertiary/aromatic N) is 1. The molecule has 0 aliphatic heterocycles. The highest BCUT2D eigenvalue weighted by molar-refractivity contribution is 7.80. The molecule has 0 unspecified atom stereocenters. The Morgan fingerprint density at radius 2 is 1.69 bits per heavy atom. The summed E-state index contributed by atoms with van der Waals surface area (Å²) in [4.78, 5) is 22.5. The van der Waals surface area contributed by atoms with Gasteiger partial charge < -0.3 is 19.5 Å². The van der Waals surface area contributed by atoms with Crippen molar-refractivity contribution in [1.29, 1.82) is 0 Å². The second-order valence-electron chi connectivity index (χ2n) is 5.53. The molecule has 29 heavy (non-hydrogen) atoms. The number of thiocarbonyl (C=S) groups is 1. The Morgan fingerprint density at radius 1 is 1.03 bits per heavy atom. The van der Waals surface area contributed by atoms with Gasteiger partial charge in [-0.2, -0.15) is 0 Å². The summed E-state index contributed by atoms with van der Waals surface area (Å²) in [7, 11) is 4.47. The molecule has 9 nitrogen and oxygen atoms in total. The van der Waals surface area contributed by atoms with Gasteiger partial charge in [0.15, 0.2) is 16.6 Å². The summed E-state index contributed by atoms with van der Waals surface area (Å²) >= 11 is 5.09. The number of anilines is 1. The van der Waals surface area contributed by atoms with Gasteiger partial charge in [0, 0.05) is 18.2 Å². The lowest BCUT2D eigenvalue weighted by Gasteiger charge is -2.12. The molecule has 0 saturated heterocycles. The van der Waals surface area contributed by atoms with E-state index < -0.39 is 10.8 Å². The number of methoxy groups -OCH3 is 3. The quantitative estimate of drug-likeness (QED) is 0.306. The Balaban J connectivity index is 2.04. The highest BCUT2D eigenvalue weighted by atomic mass is 32.1. The third kappa shape index (κ3) is 5.91. The van der Waals surface area contributed by atoms with Crippen LogP contribution in [0.4, 0.5) is 11.4 Å². The summed E-state index contributed by atoms with van der Waals surface area (Å²) in [6.45, 7) is 0. The number of nitro groups is 1. The van der Waals surface area contributed by atoms with Crippen molar-refractivity contribution in [2.75, 3.05) is 26.6 Å². The average Bonchev–Trinajstić information content (AvgIpc) is 2.71. The van der Waals surface area contributed by atoms with Crippen LogP contribution in [0.25, 0.3) is 6.08 Å². The standard InChI is InChI=1S/C19H19N3O6S/c1-26-15-8-6-13(22(24)25)11-14(15)20-19(29)21-18(23)9-5-12-4-7-16(27-2)17(10-12)28-3/h4-11H,1-3H3,(H2,20,21,23,29)/b9-5+. The minimum atomic E-state index is -0.544. The van der Waals surface area contributed by atoms with Crippen LogP contribution in [0.15, 0.2) is 42.5 Å². The fourth-order valence-corrected chi connectivity index (χ4v) is 2.55. The summed E-state index contributed by atoms with van der Waals surface area (Å²) in [5.74, 6) is 0.963. The van der Waals surface area contributed by atoms with E-state index in [2.05, 4.69) is 10.6 Å². The molecule has 0 aromatic heterocycles. The van der Waals surface area contributed by atoms with Crippen LogP contribution >= 0.6 is 12.2 Å². The molecule has 0 saturated carbocycles. The van der Waals surface area contributed by atoms with E-state index in [-0.39, 0.29) is 16.5 Å². The van der Waals surface area contributed by atoms with Crippen LogP contribution in [0.2, 0.25) is 0 Å². The van der Waals surface area contributed by atoms with Crippen molar-refractivity contribution in [3.05, 3.63) is 58.2 Å². The first kappa shape index (κ1) is 21.6. The maximum Gasteiger partial charge on any atom is 0.271 e. The predicted octanol–water partition coefficient (Wildman–Crippen LogP) is 3.15. The highest BCUT2D eigenvalue weighted by Crippen LogP contribution is 2.29. The minimum Gasteiger partial charge on any atom is -0.495 e. The number of nitrogens with one attached hydrogen (secondary N) is 2. The van der Waals surface area contributed by atoms with Crippen molar-refractivity contribution in [1.82, 2.24) is 5.32 Å². The summed E-state index contributed by atoms with van der Waals surface area (Å²) in [6.07, 6.45) is 2.87. The van der Waals surface area contributed by atoms with Crippen LogP contribution in [0.5, 0.6) is 17.2 Å². The normalized spacial score (nSPS) is 10.3. The van der Waals surface area contributed by atoms with Gasteiger partial charge in [-0.15, -0.1) is 0 Å². The summed E-state index contributed by atoms with van der Waals surface area (Å²) in [5.41, 5.74) is 0.837. The zero-order valence-corrected chi connectivity index (χ0v) is 16.7. The van der Waals surface area contributed by atoms with Crippen LogP contribution in [-0.2, 0) is 4.79 Å². The van der Waals surface area contributed by atoms with E-state index in [9.17, 15) is 14.9 Å². The molecule has 2 aromatic carbocycles. The van der Waals surface area contributed by atoms with Gasteiger partial charge in [-0.05, 0) is 42.1 Å². The highest BCUT2D eigenvalue weighted by Gasteiger charge is 2.13. The first-order valence-corrected chi connectivity index (χ1v) is 8.63. The summed E-state index contributed by atoms with van der Waals surface area (Å²) < 4.78 is 15.5. The fourth-order valence-electron chi connectivity index (χ4n) is 2.34. The van der Waals surface area contributed by atoms with Crippen molar-refractivity contribution in [2.45, 2.75) is 0 Å². The van der Waals surface area contributed by atoms with Crippen molar-refractivity contribution in [2.24, 2.45) is 0 Å². The molecule has 0 spiro atoms. The number of non-ortho nitro benzene ring substituents is 1. The molecule has 2 aromatic rings. The Bertz CT molecular complexity index is 961. The smallest absolute Gasteiger partial charge is 0.271 e. The SMILES string of the molecule is COc1ccc([N+](=O)[O-])cc1NC(=S)NC(=O)/C=C/c1ccc(OC)c(OC)c1. The van der Waals surface area contributed by atoms with E-state index in [1.54, 1.807) is 24.3 Å². The number of carbonyl (C=O) groups is 1. The van der Waals surface area contributed by atoms with Gasteiger partial charge in [0.1, 0.15) is 5.75 Å². The van der Waals surface area contributed by atoms with Crippen LogP contribution in [-0.4, -0.2) is 37.3 Å². The molecule has 0 aliphatic carbocycles. The molecule has 1 amide bonds. The second-order valence-corrected chi connectivity index (χ2v) is 5.94. The zero-order valence-electron chi connectivity index (χ0n) is 15.9. The van der Waals surface area contributed by atoms with Crippen molar-refractivity contribution >= 4 is 40.7 Å². The van der Waals surface area contributed by atoms with Gasteiger partial charge in [0.2, 0.25) is 5.91 Å². The first-order chi connectivity index (χ1) is 13.9. The number of ether oxygens (including phenoxy) is 3. The predicted molar refractivity (Wildman–Crippen MR) is 113 cm³/mol. The maximum atomic E-state index is 12.1. The number of hydrogen-bond acceptors (Lipinski definition) is 7. The second kappa shape index (κ2) is 10.0. The van der Waals surface area contributed by atoms with Crippen molar-refractivity contribution in [3.63, 3.8) is 0 Å². The molecule has 0 aliphatic rings. The molecule has 2 rings (SSSR count). The van der Waals surface area contributed by atoms with Crippen LogP contribution in [0.3, 0.4) is 0 Å². The molecule has 0 atom stereocenters. The molecule has 152 valence electrons. The van der Waals surface area contributed by atoms with E-state index in [0.29, 0.717) is 17.2 Å². The zero-order chi connectivity index (χ0) is 21.4. The van der Waals surface area contributed by atoms with E-state index in [1.165, 1.54) is 45.6 Å². The Kier molecular flexibility index (Phi) is 7.49. The molecule has 0 heterocycles. The third-order valence-corrected chi connectivity index (χ3v) is 3.92.